The summed E-state index contributed by atoms with van der Waals surface area (Å²) in [6.07, 6.45) is 6.83. The first-order chi connectivity index (χ1) is 30.7. The lowest BCUT2D eigenvalue weighted by Crippen LogP contribution is -2.45. The summed E-state index contributed by atoms with van der Waals surface area (Å²) in [5.74, 6) is -1.25. The number of anilines is 2. The van der Waals surface area contributed by atoms with Gasteiger partial charge in [0.2, 0.25) is 10.0 Å². The number of urea groups is 1. The number of fused-ring (bicyclic) bond motifs is 1. The van der Waals surface area contributed by atoms with Gasteiger partial charge in [-0.25, -0.2) is 27.6 Å². The molecular formula is C45H53ClF3N11O3S. The number of allylic oxidation sites excluding steroid dienone is 2. The van der Waals surface area contributed by atoms with Crippen LogP contribution in [-0.2, 0) is 10.0 Å². The molecule has 2 amide bonds. The maximum absolute atomic E-state index is 14.7. The molecule has 1 aliphatic heterocycles. The molecular weight excluding hydrogens is 867 g/mol. The van der Waals surface area contributed by atoms with E-state index < -0.39 is 67.7 Å². The highest BCUT2D eigenvalue weighted by Crippen LogP contribution is 2.42. The molecule has 4 rings (SSSR count). The number of rotatable bonds is 25. The summed E-state index contributed by atoms with van der Waals surface area (Å²) in [7, 11) is -3.89. The van der Waals surface area contributed by atoms with Gasteiger partial charge in [0.05, 0.1) is 46.5 Å². The monoisotopic (exact) mass is 919 g/mol. The van der Waals surface area contributed by atoms with Crippen LogP contribution in [0.5, 0.6) is 0 Å². The van der Waals surface area contributed by atoms with E-state index in [0.717, 1.165) is 32.1 Å². The Labute approximate surface area is 378 Å². The lowest BCUT2D eigenvalue weighted by Gasteiger charge is -2.24. The van der Waals surface area contributed by atoms with Gasteiger partial charge in [-0.05, 0) is 55.7 Å². The van der Waals surface area contributed by atoms with Crippen LogP contribution in [-0.4, -0.2) is 67.3 Å². The van der Waals surface area contributed by atoms with Crippen molar-refractivity contribution in [2.24, 2.45) is 4.99 Å². The highest BCUT2D eigenvalue weighted by atomic mass is 35.5. The lowest BCUT2D eigenvalue weighted by molar-refractivity contribution is -0.0854. The van der Waals surface area contributed by atoms with Gasteiger partial charge in [-0.15, -0.1) is 16.7 Å². The SMILES string of the molecule is CCCCCCCCCCCCC(Cl)C(CCNS(=O)(=O)c1ccccc1)NC(=O)Nc1nn2c(c1C#N)C(C#N)=C(C(F)(F)F)C2=Nc1ccc(N(CCC#N)CCC#N)cc1C. The molecule has 340 valence electrons. The number of aliphatic imine (C=N–C) groups is 1. The van der Waals surface area contributed by atoms with Gasteiger partial charge < -0.3 is 10.2 Å². The number of unbranched alkanes of at least 4 members (excludes halogenated alkanes) is 9. The molecule has 14 nitrogen and oxygen atoms in total. The predicted molar refractivity (Wildman–Crippen MR) is 240 cm³/mol. The summed E-state index contributed by atoms with van der Waals surface area (Å²) in [5, 5.41) is 47.2. The second-order valence-corrected chi connectivity index (χ2v) is 17.7. The molecule has 19 heteroatoms. The number of amides is 2. The average molecular weight is 921 g/mol. The summed E-state index contributed by atoms with van der Waals surface area (Å²) in [6.45, 7) is 4.32. The van der Waals surface area contributed by atoms with Crippen LogP contribution in [0.4, 0.5) is 35.2 Å². The molecule has 2 aromatic carbocycles. The van der Waals surface area contributed by atoms with Crippen molar-refractivity contribution in [3.63, 3.8) is 0 Å². The molecule has 0 aliphatic carbocycles. The summed E-state index contributed by atoms with van der Waals surface area (Å²) < 4.78 is 73.4. The lowest BCUT2D eigenvalue weighted by atomic mass is 10.0. The topological polar surface area (TPSA) is 216 Å². The van der Waals surface area contributed by atoms with E-state index >= 15 is 0 Å². The van der Waals surface area contributed by atoms with Gasteiger partial charge in [0, 0.05) is 31.4 Å². The Hall–Kier alpha value is -5.92. The number of aryl methyl sites for hydroxylation is 1. The van der Waals surface area contributed by atoms with Crippen molar-refractivity contribution in [1.82, 2.24) is 19.8 Å². The molecule has 0 radical (unpaired) electrons. The number of sulfonamides is 1. The molecule has 3 N–H and O–H groups in total. The third-order valence-corrected chi connectivity index (χ3v) is 12.7. The van der Waals surface area contributed by atoms with Crippen molar-refractivity contribution in [2.45, 2.75) is 126 Å². The number of nitrogens with one attached hydrogen (secondary N) is 3. The van der Waals surface area contributed by atoms with E-state index in [4.69, 9.17) is 22.1 Å². The van der Waals surface area contributed by atoms with Gasteiger partial charge in [-0.2, -0.15) is 34.2 Å². The molecule has 1 aliphatic rings. The molecule has 0 spiro atoms. The number of carbonyl (C=O) groups excluding carboxylic acids is 1. The smallest absolute Gasteiger partial charge is 0.369 e. The predicted octanol–water partition coefficient (Wildman–Crippen LogP) is 9.91. The van der Waals surface area contributed by atoms with Crippen molar-refractivity contribution in [1.29, 1.82) is 21.0 Å². The highest BCUT2D eigenvalue weighted by Gasteiger charge is 2.48. The molecule has 2 unspecified atom stereocenters. The van der Waals surface area contributed by atoms with E-state index in [1.165, 1.54) is 50.3 Å². The number of benzene rings is 2. The van der Waals surface area contributed by atoms with Crippen molar-refractivity contribution in [3.8, 4) is 24.3 Å². The number of hydrogen-bond donors (Lipinski definition) is 3. The minimum absolute atomic E-state index is 0.0575. The Morgan fingerprint density at radius 3 is 2.09 bits per heavy atom. The quantitative estimate of drug-likeness (QED) is 0.0544. The Balaban J connectivity index is 1.59. The molecule has 0 fully saturated rings. The van der Waals surface area contributed by atoms with Crippen LogP contribution in [0.3, 0.4) is 0 Å². The van der Waals surface area contributed by atoms with Crippen LogP contribution in [0, 0.1) is 52.2 Å². The van der Waals surface area contributed by atoms with E-state index in [9.17, 15) is 36.9 Å². The minimum Gasteiger partial charge on any atom is -0.369 e. The van der Waals surface area contributed by atoms with Crippen LogP contribution in [0.1, 0.15) is 114 Å². The van der Waals surface area contributed by atoms with Gasteiger partial charge in [-0.1, -0.05) is 89.3 Å². The van der Waals surface area contributed by atoms with Gasteiger partial charge in [-0.3, -0.25) is 5.32 Å². The third-order valence-electron chi connectivity index (χ3n) is 10.7. The van der Waals surface area contributed by atoms with Gasteiger partial charge in [0.15, 0.2) is 11.7 Å². The van der Waals surface area contributed by atoms with Crippen LogP contribution >= 0.6 is 11.6 Å². The molecule has 64 heavy (non-hydrogen) atoms. The first-order valence-corrected chi connectivity index (χ1v) is 23.3. The number of nitriles is 4. The molecule has 0 saturated heterocycles. The van der Waals surface area contributed by atoms with E-state index in [1.54, 1.807) is 54.3 Å². The zero-order valence-corrected chi connectivity index (χ0v) is 37.6. The van der Waals surface area contributed by atoms with E-state index in [0.29, 0.717) is 35.4 Å². The van der Waals surface area contributed by atoms with Crippen LogP contribution in [0.2, 0.25) is 0 Å². The fourth-order valence-corrected chi connectivity index (χ4v) is 8.76. The standard InChI is InChI=1S/C45H53ClF3N11O3S/c1-3-4-5-6-7-8-9-10-11-15-20-37(46)39(23-26-54-64(62,63)34-18-13-12-14-19-34)56-44(61)57-42-36(31-53)41-35(30-52)40(45(47,48)49)43(60(41)58-42)55-38-22-21-33(29-32(38)2)59(27-16-24-50)28-17-25-51/h12-14,18-19,21-22,29,37,39,54H,3-11,15-17,20,23,26-28H2,1-2H3,(H2,56,57,58,61). The number of halogens is 4. The zero-order valence-electron chi connectivity index (χ0n) is 36.0. The van der Waals surface area contributed by atoms with Crippen molar-refractivity contribution < 1.29 is 26.4 Å². The zero-order chi connectivity index (χ0) is 46.7. The molecule has 0 saturated carbocycles. The normalized spacial score (nSPS) is 13.9. The van der Waals surface area contributed by atoms with Crippen molar-refractivity contribution >= 4 is 56.3 Å². The van der Waals surface area contributed by atoms with Crippen molar-refractivity contribution in [2.75, 3.05) is 29.9 Å². The molecule has 2 heterocycles. The average Bonchev–Trinajstić information content (AvgIpc) is 3.78. The molecule has 0 bridgehead atoms. The fraction of sp³-hybridized carbons (Fsp3) is 0.489. The maximum Gasteiger partial charge on any atom is 0.421 e. The van der Waals surface area contributed by atoms with Crippen LogP contribution < -0.4 is 20.3 Å². The Bertz CT molecular complexity index is 2390. The van der Waals surface area contributed by atoms with E-state index in [2.05, 4.69) is 44.5 Å². The van der Waals surface area contributed by atoms with Gasteiger partial charge >= 0.3 is 12.2 Å². The number of aromatic nitrogens is 2. The minimum atomic E-state index is -5.11. The molecule has 3 aromatic rings. The second-order valence-electron chi connectivity index (χ2n) is 15.4. The second kappa shape index (κ2) is 24.8. The number of alkyl halides is 4. The number of carbonyl (C=O) groups is 1. The Morgan fingerprint density at radius 2 is 1.53 bits per heavy atom. The largest absolute Gasteiger partial charge is 0.421 e. The first-order valence-electron chi connectivity index (χ1n) is 21.4. The van der Waals surface area contributed by atoms with Crippen molar-refractivity contribution in [3.05, 3.63) is 70.9 Å². The summed E-state index contributed by atoms with van der Waals surface area (Å²) >= 11 is 6.88. The highest BCUT2D eigenvalue weighted by molar-refractivity contribution is 7.89. The fourth-order valence-electron chi connectivity index (χ4n) is 7.34. The van der Waals surface area contributed by atoms with E-state index in [1.807, 2.05) is 0 Å². The maximum atomic E-state index is 14.7. The number of hydrogen-bond acceptors (Lipinski definition) is 10. The summed E-state index contributed by atoms with van der Waals surface area (Å²) in [4.78, 5) is 19.8. The van der Waals surface area contributed by atoms with Crippen LogP contribution in [0.15, 0.2) is 64.0 Å². The summed E-state index contributed by atoms with van der Waals surface area (Å²) in [5.41, 5.74) is -2.26. The summed E-state index contributed by atoms with van der Waals surface area (Å²) in [6, 6.07) is 18.2. The van der Waals surface area contributed by atoms with Gasteiger partial charge in [0.1, 0.15) is 29.0 Å². The van der Waals surface area contributed by atoms with Crippen LogP contribution in [0.25, 0.3) is 5.57 Å². The van der Waals surface area contributed by atoms with E-state index in [-0.39, 0.29) is 36.4 Å². The molecule has 2 atom stereocenters. The first kappa shape index (κ1) is 50.7. The Morgan fingerprint density at radius 1 is 0.906 bits per heavy atom. The Kier molecular flexibility index (Phi) is 19.7. The number of nitrogens with zero attached hydrogens (tertiary/aromatic N) is 8. The molecule has 1 aromatic heterocycles. The third kappa shape index (κ3) is 14.0. The van der Waals surface area contributed by atoms with Gasteiger partial charge in [0.25, 0.3) is 0 Å².